The molecule has 4 heteroatoms. The van der Waals surface area contributed by atoms with Gasteiger partial charge in [-0.15, -0.1) is 12.6 Å². The second-order valence-corrected chi connectivity index (χ2v) is 4.11. The van der Waals surface area contributed by atoms with Crippen LogP contribution in [0.25, 0.3) is 0 Å². The zero-order valence-corrected chi connectivity index (χ0v) is 9.41. The average molecular weight is 296 g/mol. The van der Waals surface area contributed by atoms with Gasteiger partial charge in [0.2, 0.25) is 0 Å². The predicted octanol–water partition coefficient (Wildman–Crippen LogP) is 3.31. The summed E-state index contributed by atoms with van der Waals surface area (Å²) in [5.74, 6) is 0. The molecule has 0 amide bonds. The van der Waals surface area contributed by atoms with Gasteiger partial charge in [-0.3, -0.25) is 4.79 Å². The van der Waals surface area contributed by atoms with Gasteiger partial charge in [0.25, 0.3) is 0 Å². The van der Waals surface area contributed by atoms with Crippen molar-refractivity contribution in [3.8, 4) is 0 Å². The van der Waals surface area contributed by atoms with E-state index in [2.05, 4.69) is 44.5 Å². The number of carbonyl (C=O) groups excluding carboxylic acids is 1. The second kappa shape index (κ2) is 3.74. The van der Waals surface area contributed by atoms with Crippen LogP contribution in [0.2, 0.25) is 0 Å². The summed E-state index contributed by atoms with van der Waals surface area (Å²) in [5.41, 5.74) is 0.626. The molecule has 0 radical (unpaired) electrons. The number of aldehydes is 1. The monoisotopic (exact) mass is 294 g/mol. The molecule has 0 N–H and O–H groups in total. The molecule has 0 aliphatic rings. The molecule has 0 heterocycles. The summed E-state index contributed by atoms with van der Waals surface area (Å²) in [6.45, 7) is 0. The highest BCUT2D eigenvalue weighted by molar-refractivity contribution is 9.11. The lowest BCUT2D eigenvalue weighted by atomic mass is 10.2. The highest BCUT2D eigenvalue weighted by Gasteiger charge is 2.02. The molecule has 58 valence electrons. The van der Waals surface area contributed by atoms with Gasteiger partial charge < -0.3 is 0 Å². The number of rotatable bonds is 1. The molecular formula is C7H4Br2OS. The molecule has 11 heavy (non-hydrogen) atoms. The molecule has 0 bridgehead atoms. The Morgan fingerprint density at radius 2 is 1.73 bits per heavy atom. The Kier molecular flexibility index (Phi) is 3.16. The summed E-state index contributed by atoms with van der Waals surface area (Å²) in [5, 5.41) is 0. The van der Waals surface area contributed by atoms with Crippen molar-refractivity contribution in [2.45, 2.75) is 4.90 Å². The minimum atomic E-state index is 0.626. The van der Waals surface area contributed by atoms with Crippen molar-refractivity contribution in [2.24, 2.45) is 0 Å². The van der Waals surface area contributed by atoms with Crippen molar-refractivity contribution < 1.29 is 4.79 Å². The SMILES string of the molecule is O=Cc1cc(Br)c(S)c(Br)c1. The molecule has 0 spiro atoms. The Morgan fingerprint density at radius 1 is 1.27 bits per heavy atom. The third-order valence-electron chi connectivity index (χ3n) is 1.18. The van der Waals surface area contributed by atoms with E-state index in [1.807, 2.05) is 0 Å². The van der Waals surface area contributed by atoms with E-state index in [0.717, 1.165) is 20.1 Å². The topological polar surface area (TPSA) is 17.1 Å². The van der Waals surface area contributed by atoms with Crippen LogP contribution in [-0.2, 0) is 0 Å². The smallest absolute Gasteiger partial charge is 0.150 e. The fraction of sp³-hybridized carbons (Fsp3) is 0. The van der Waals surface area contributed by atoms with E-state index in [4.69, 9.17) is 0 Å². The molecule has 1 nitrogen and oxygen atoms in total. The number of halogens is 2. The Bertz CT molecular complexity index is 275. The molecule has 0 aliphatic carbocycles. The van der Waals surface area contributed by atoms with E-state index in [1.54, 1.807) is 12.1 Å². The van der Waals surface area contributed by atoms with Crippen LogP contribution in [0.3, 0.4) is 0 Å². The van der Waals surface area contributed by atoms with Gasteiger partial charge in [-0.25, -0.2) is 0 Å². The van der Waals surface area contributed by atoms with Crippen LogP contribution in [0.15, 0.2) is 26.0 Å². The number of benzene rings is 1. The van der Waals surface area contributed by atoms with Crippen LogP contribution < -0.4 is 0 Å². The number of thiol groups is 1. The molecule has 0 aromatic heterocycles. The first-order valence-electron chi connectivity index (χ1n) is 2.78. The Hall–Kier alpha value is 0.200. The zero-order chi connectivity index (χ0) is 8.43. The molecule has 1 aromatic rings. The fourth-order valence-electron chi connectivity index (χ4n) is 0.653. The standard InChI is InChI=1S/C7H4Br2OS/c8-5-1-4(3-10)2-6(9)7(5)11/h1-3,11H. The average Bonchev–Trinajstić information content (AvgIpc) is 1.99. The largest absolute Gasteiger partial charge is 0.298 e. The zero-order valence-electron chi connectivity index (χ0n) is 5.34. The Balaban J connectivity index is 3.31. The molecule has 1 rings (SSSR count). The minimum absolute atomic E-state index is 0.626. The van der Waals surface area contributed by atoms with Crippen molar-refractivity contribution in [1.82, 2.24) is 0 Å². The molecule has 0 atom stereocenters. The van der Waals surface area contributed by atoms with Gasteiger partial charge >= 0.3 is 0 Å². The molecule has 0 saturated carbocycles. The number of carbonyl (C=O) groups is 1. The normalized spacial score (nSPS) is 9.73. The summed E-state index contributed by atoms with van der Waals surface area (Å²) >= 11 is 10.7. The number of hydrogen-bond donors (Lipinski definition) is 1. The van der Waals surface area contributed by atoms with Gasteiger partial charge in [0.05, 0.1) is 0 Å². The molecule has 0 unspecified atom stereocenters. The van der Waals surface area contributed by atoms with Crippen molar-refractivity contribution in [1.29, 1.82) is 0 Å². The molecular weight excluding hydrogens is 292 g/mol. The van der Waals surface area contributed by atoms with Gasteiger partial charge in [0.15, 0.2) is 0 Å². The van der Waals surface area contributed by atoms with Crippen LogP contribution in [0.1, 0.15) is 10.4 Å². The van der Waals surface area contributed by atoms with Crippen LogP contribution in [0, 0.1) is 0 Å². The fourth-order valence-corrected chi connectivity index (χ4v) is 2.00. The van der Waals surface area contributed by atoms with Gasteiger partial charge in [0, 0.05) is 19.4 Å². The molecule has 0 aliphatic heterocycles. The lowest BCUT2D eigenvalue weighted by molar-refractivity contribution is 0.112. The molecule has 1 aromatic carbocycles. The highest BCUT2D eigenvalue weighted by Crippen LogP contribution is 2.29. The second-order valence-electron chi connectivity index (χ2n) is 1.95. The lowest BCUT2D eigenvalue weighted by Gasteiger charge is -2.00. The maximum Gasteiger partial charge on any atom is 0.150 e. The minimum Gasteiger partial charge on any atom is -0.298 e. The van der Waals surface area contributed by atoms with Crippen LogP contribution >= 0.6 is 44.5 Å². The van der Waals surface area contributed by atoms with Crippen LogP contribution in [0.5, 0.6) is 0 Å². The predicted molar refractivity (Wildman–Crippen MR) is 54.5 cm³/mol. The molecule has 0 saturated heterocycles. The van der Waals surface area contributed by atoms with Crippen molar-refractivity contribution in [3.05, 3.63) is 26.6 Å². The Morgan fingerprint density at radius 3 is 2.09 bits per heavy atom. The van der Waals surface area contributed by atoms with Crippen molar-refractivity contribution in [2.75, 3.05) is 0 Å². The van der Waals surface area contributed by atoms with Crippen molar-refractivity contribution >= 4 is 50.8 Å². The maximum atomic E-state index is 10.4. The highest BCUT2D eigenvalue weighted by atomic mass is 79.9. The lowest BCUT2D eigenvalue weighted by Crippen LogP contribution is -1.81. The third-order valence-corrected chi connectivity index (χ3v) is 3.52. The van der Waals surface area contributed by atoms with E-state index in [0.29, 0.717) is 5.56 Å². The van der Waals surface area contributed by atoms with E-state index in [-0.39, 0.29) is 0 Å². The first-order valence-corrected chi connectivity index (χ1v) is 4.81. The first kappa shape index (κ1) is 9.29. The van der Waals surface area contributed by atoms with E-state index in [1.165, 1.54) is 0 Å². The van der Waals surface area contributed by atoms with E-state index < -0.39 is 0 Å². The van der Waals surface area contributed by atoms with Gasteiger partial charge in [-0.2, -0.15) is 0 Å². The van der Waals surface area contributed by atoms with Crippen LogP contribution in [0.4, 0.5) is 0 Å². The van der Waals surface area contributed by atoms with Crippen LogP contribution in [-0.4, -0.2) is 6.29 Å². The van der Waals surface area contributed by atoms with E-state index >= 15 is 0 Å². The summed E-state index contributed by atoms with van der Waals surface area (Å²) in [6, 6.07) is 3.44. The summed E-state index contributed by atoms with van der Waals surface area (Å²) < 4.78 is 1.63. The van der Waals surface area contributed by atoms with Gasteiger partial charge in [-0.1, -0.05) is 0 Å². The third kappa shape index (κ3) is 2.07. The molecule has 0 fully saturated rings. The first-order chi connectivity index (χ1) is 5.15. The Labute approximate surface area is 86.8 Å². The quantitative estimate of drug-likeness (QED) is 0.621. The van der Waals surface area contributed by atoms with Gasteiger partial charge in [0.1, 0.15) is 6.29 Å². The summed E-state index contributed by atoms with van der Waals surface area (Å²) in [6.07, 6.45) is 0.794. The maximum absolute atomic E-state index is 10.4. The van der Waals surface area contributed by atoms with Crippen molar-refractivity contribution in [3.63, 3.8) is 0 Å². The number of hydrogen-bond acceptors (Lipinski definition) is 2. The summed E-state index contributed by atoms with van der Waals surface area (Å²) in [7, 11) is 0. The summed E-state index contributed by atoms with van der Waals surface area (Å²) in [4.78, 5) is 11.2. The van der Waals surface area contributed by atoms with Gasteiger partial charge in [-0.05, 0) is 44.0 Å². The van der Waals surface area contributed by atoms with E-state index in [9.17, 15) is 4.79 Å².